The van der Waals surface area contributed by atoms with Crippen molar-refractivity contribution < 1.29 is 19.1 Å². The number of nitrogens with zero attached hydrogens (tertiary/aromatic N) is 1. The standard InChI is InChI=1S/C15H17BrFNO3/c1-15(2,3)18-12(19)7-9(14(20)21)13(18)8-4-5-11(17)10(16)6-8/h4-6,9,13H,7H2,1-3H3,(H,20,21). The Bertz CT molecular complexity index is 597. The lowest BCUT2D eigenvalue weighted by molar-refractivity contribution is -0.142. The van der Waals surface area contributed by atoms with E-state index in [1.54, 1.807) is 11.0 Å². The molecule has 1 heterocycles. The SMILES string of the molecule is CC(C)(C)N1C(=O)CC(C(=O)O)C1c1ccc(F)c(Br)c1. The van der Waals surface area contributed by atoms with Crippen molar-refractivity contribution in [1.29, 1.82) is 0 Å². The van der Waals surface area contributed by atoms with Gasteiger partial charge in [0.25, 0.3) is 0 Å². The van der Waals surface area contributed by atoms with Crippen LogP contribution in [0.4, 0.5) is 4.39 Å². The number of halogens is 2. The molecule has 0 spiro atoms. The molecule has 2 rings (SSSR count). The van der Waals surface area contributed by atoms with Gasteiger partial charge in [-0.3, -0.25) is 9.59 Å². The van der Waals surface area contributed by atoms with Gasteiger partial charge < -0.3 is 10.0 Å². The van der Waals surface area contributed by atoms with Crippen molar-refractivity contribution in [2.24, 2.45) is 5.92 Å². The van der Waals surface area contributed by atoms with E-state index in [9.17, 15) is 19.1 Å². The number of hydrogen-bond donors (Lipinski definition) is 1. The molecule has 0 aliphatic carbocycles. The smallest absolute Gasteiger partial charge is 0.309 e. The highest BCUT2D eigenvalue weighted by Crippen LogP contribution is 2.43. The predicted octanol–water partition coefficient (Wildman–Crippen LogP) is 3.36. The fourth-order valence-corrected chi connectivity index (χ4v) is 3.22. The zero-order valence-electron chi connectivity index (χ0n) is 12.1. The van der Waals surface area contributed by atoms with E-state index < -0.39 is 29.3 Å². The molecule has 21 heavy (non-hydrogen) atoms. The molecule has 1 aromatic rings. The highest BCUT2D eigenvalue weighted by molar-refractivity contribution is 9.10. The number of hydrogen-bond acceptors (Lipinski definition) is 2. The molecule has 6 heteroatoms. The zero-order valence-corrected chi connectivity index (χ0v) is 13.6. The van der Waals surface area contributed by atoms with Crippen LogP contribution in [0.15, 0.2) is 22.7 Å². The Kier molecular flexibility index (Phi) is 4.10. The summed E-state index contributed by atoms with van der Waals surface area (Å²) in [4.78, 5) is 25.3. The van der Waals surface area contributed by atoms with Gasteiger partial charge in [0.2, 0.25) is 5.91 Å². The molecule has 2 atom stereocenters. The van der Waals surface area contributed by atoms with Crippen molar-refractivity contribution in [2.75, 3.05) is 0 Å². The third kappa shape index (κ3) is 2.95. The fourth-order valence-electron chi connectivity index (χ4n) is 2.82. The number of carboxylic acid groups (broad SMARTS) is 1. The van der Waals surface area contributed by atoms with Crippen molar-refractivity contribution in [3.8, 4) is 0 Å². The van der Waals surface area contributed by atoms with E-state index in [4.69, 9.17) is 0 Å². The molecule has 114 valence electrons. The zero-order chi connectivity index (χ0) is 15.9. The molecular weight excluding hydrogens is 341 g/mol. The number of carbonyl (C=O) groups is 2. The lowest BCUT2D eigenvalue weighted by Gasteiger charge is -2.38. The molecule has 0 aromatic heterocycles. The first-order valence-corrected chi connectivity index (χ1v) is 7.42. The quantitative estimate of drug-likeness (QED) is 0.882. The summed E-state index contributed by atoms with van der Waals surface area (Å²) in [6, 6.07) is 3.78. The number of benzene rings is 1. The summed E-state index contributed by atoms with van der Waals surface area (Å²) in [7, 11) is 0. The van der Waals surface area contributed by atoms with E-state index in [-0.39, 0.29) is 16.8 Å². The van der Waals surface area contributed by atoms with E-state index in [0.29, 0.717) is 5.56 Å². The summed E-state index contributed by atoms with van der Waals surface area (Å²) in [5, 5.41) is 9.41. The number of aliphatic carboxylic acids is 1. The van der Waals surface area contributed by atoms with Gasteiger partial charge in [0.1, 0.15) is 5.82 Å². The molecule has 2 unspecified atom stereocenters. The molecule has 1 aromatic carbocycles. The molecule has 0 saturated carbocycles. The van der Waals surface area contributed by atoms with Crippen LogP contribution in [0.5, 0.6) is 0 Å². The Morgan fingerprint density at radius 2 is 2.05 bits per heavy atom. The fraction of sp³-hybridized carbons (Fsp3) is 0.467. The van der Waals surface area contributed by atoms with Crippen molar-refractivity contribution in [3.63, 3.8) is 0 Å². The molecule has 1 saturated heterocycles. The maximum atomic E-state index is 13.4. The molecule has 4 nitrogen and oxygen atoms in total. The van der Waals surface area contributed by atoms with Gasteiger partial charge in [0.15, 0.2) is 0 Å². The second-order valence-electron chi connectivity index (χ2n) is 6.20. The van der Waals surface area contributed by atoms with Crippen molar-refractivity contribution in [1.82, 2.24) is 4.90 Å². The van der Waals surface area contributed by atoms with Gasteiger partial charge >= 0.3 is 5.97 Å². The van der Waals surface area contributed by atoms with Gasteiger partial charge in [-0.2, -0.15) is 0 Å². The molecule has 1 fully saturated rings. The molecular formula is C15H17BrFNO3. The summed E-state index contributed by atoms with van der Waals surface area (Å²) < 4.78 is 13.7. The van der Waals surface area contributed by atoms with Gasteiger partial charge in [0.05, 0.1) is 16.4 Å². The average molecular weight is 358 g/mol. The predicted molar refractivity (Wildman–Crippen MR) is 79.2 cm³/mol. The van der Waals surface area contributed by atoms with Gasteiger partial charge in [-0.25, -0.2) is 4.39 Å². The van der Waals surface area contributed by atoms with Crippen molar-refractivity contribution >= 4 is 27.8 Å². The molecule has 1 aliphatic heterocycles. The Labute approximate surface area is 131 Å². The minimum Gasteiger partial charge on any atom is -0.481 e. The maximum absolute atomic E-state index is 13.4. The Hall–Kier alpha value is -1.43. The molecule has 1 N–H and O–H groups in total. The van der Waals surface area contributed by atoms with Gasteiger partial charge in [-0.05, 0) is 54.4 Å². The maximum Gasteiger partial charge on any atom is 0.309 e. The first kappa shape index (κ1) is 15.9. The van der Waals surface area contributed by atoms with E-state index in [1.165, 1.54) is 12.1 Å². The number of rotatable bonds is 2. The van der Waals surface area contributed by atoms with E-state index in [0.717, 1.165) is 0 Å². The minimum absolute atomic E-state index is 0.0355. The Morgan fingerprint density at radius 1 is 1.43 bits per heavy atom. The van der Waals surface area contributed by atoms with E-state index in [2.05, 4.69) is 15.9 Å². The number of amides is 1. The third-order valence-electron chi connectivity index (χ3n) is 3.65. The average Bonchev–Trinajstić information content (AvgIpc) is 2.70. The van der Waals surface area contributed by atoms with Gasteiger partial charge in [0, 0.05) is 12.0 Å². The second kappa shape index (κ2) is 5.40. The number of carbonyl (C=O) groups excluding carboxylic acids is 1. The molecule has 0 bridgehead atoms. The van der Waals surface area contributed by atoms with Crippen molar-refractivity contribution in [2.45, 2.75) is 38.8 Å². The lowest BCUT2D eigenvalue weighted by atomic mass is 9.92. The van der Waals surface area contributed by atoms with Gasteiger partial charge in [-0.1, -0.05) is 6.07 Å². The lowest BCUT2D eigenvalue weighted by Crippen LogP contribution is -2.44. The van der Waals surface area contributed by atoms with Crippen LogP contribution in [-0.2, 0) is 9.59 Å². The molecule has 1 aliphatic rings. The number of carboxylic acids is 1. The topological polar surface area (TPSA) is 57.6 Å². The summed E-state index contributed by atoms with van der Waals surface area (Å²) in [5.41, 5.74) is 0.115. The van der Waals surface area contributed by atoms with Crippen LogP contribution in [0.25, 0.3) is 0 Å². The highest BCUT2D eigenvalue weighted by atomic mass is 79.9. The van der Waals surface area contributed by atoms with E-state index in [1.807, 2.05) is 20.8 Å². The van der Waals surface area contributed by atoms with Crippen LogP contribution in [0, 0.1) is 11.7 Å². The Morgan fingerprint density at radius 3 is 2.52 bits per heavy atom. The summed E-state index contributed by atoms with van der Waals surface area (Å²) in [5.74, 6) is -2.45. The van der Waals surface area contributed by atoms with Crippen LogP contribution < -0.4 is 0 Å². The molecule has 0 radical (unpaired) electrons. The monoisotopic (exact) mass is 357 g/mol. The Balaban J connectivity index is 2.54. The summed E-state index contributed by atoms with van der Waals surface area (Å²) >= 11 is 3.11. The third-order valence-corrected chi connectivity index (χ3v) is 4.26. The first-order chi connectivity index (χ1) is 9.62. The summed E-state index contributed by atoms with van der Waals surface area (Å²) in [6.07, 6.45) is -0.0355. The van der Waals surface area contributed by atoms with Crippen LogP contribution in [0.2, 0.25) is 0 Å². The minimum atomic E-state index is -1.01. The largest absolute Gasteiger partial charge is 0.481 e. The van der Waals surface area contributed by atoms with Crippen LogP contribution in [-0.4, -0.2) is 27.4 Å². The highest BCUT2D eigenvalue weighted by Gasteiger charge is 2.48. The van der Waals surface area contributed by atoms with Crippen molar-refractivity contribution in [3.05, 3.63) is 34.1 Å². The van der Waals surface area contributed by atoms with Crippen LogP contribution >= 0.6 is 15.9 Å². The van der Waals surface area contributed by atoms with Crippen LogP contribution in [0.1, 0.15) is 38.8 Å². The summed E-state index contributed by atoms with van der Waals surface area (Å²) in [6.45, 7) is 5.59. The van der Waals surface area contributed by atoms with Gasteiger partial charge in [-0.15, -0.1) is 0 Å². The van der Waals surface area contributed by atoms with Crippen LogP contribution in [0.3, 0.4) is 0 Å². The normalized spacial score (nSPS) is 22.7. The second-order valence-corrected chi connectivity index (χ2v) is 7.06. The number of likely N-dealkylation sites (tertiary alicyclic amines) is 1. The van der Waals surface area contributed by atoms with E-state index >= 15 is 0 Å². The molecule has 1 amide bonds. The first-order valence-electron chi connectivity index (χ1n) is 6.63.